The highest BCUT2D eigenvalue weighted by molar-refractivity contribution is 5.91. The second-order valence-corrected chi connectivity index (χ2v) is 11.6. The highest BCUT2D eigenvalue weighted by atomic mass is 19.1. The first-order valence-corrected chi connectivity index (χ1v) is 14.6. The van der Waals surface area contributed by atoms with Crippen LogP contribution in [0.2, 0.25) is 0 Å². The lowest BCUT2D eigenvalue weighted by atomic mass is 9.79. The summed E-state index contributed by atoms with van der Waals surface area (Å²) in [6, 6.07) is 17.2. The largest absolute Gasteiger partial charge is 0.423 e. The van der Waals surface area contributed by atoms with Crippen molar-refractivity contribution in [2.45, 2.75) is 77.0 Å². The van der Waals surface area contributed by atoms with Crippen LogP contribution in [0, 0.1) is 51.9 Å². The van der Waals surface area contributed by atoms with Crippen molar-refractivity contribution in [2.75, 3.05) is 0 Å². The molecule has 2 fully saturated rings. The van der Waals surface area contributed by atoms with Gasteiger partial charge in [-0.3, -0.25) is 0 Å². The lowest BCUT2D eigenvalue weighted by molar-refractivity contribution is 0.0734. The van der Waals surface area contributed by atoms with E-state index in [2.05, 4.69) is 13.8 Å². The predicted molar refractivity (Wildman–Crippen MR) is 154 cm³/mol. The Morgan fingerprint density at radius 1 is 0.690 bits per heavy atom. The Labute approximate surface area is 245 Å². The first-order chi connectivity index (χ1) is 20.2. The third-order valence-corrected chi connectivity index (χ3v) is 8.57. The van der Waals surface area contributed by atoms with Crippen LogP contribution in [-0.2, 0) is 0 Å². The zero-order valence-corrected chi connectivity index (χ0v) is 24.0. The topological polar surface area (TPSA) is 73.9 Å². The third-order valence-electron chi connectivity index (χ3n) is 8.57. The summed E-state index contributed by atoms with van der Waals surface area (Å²) in [6.45, 7) is 4.50. The summed E-state index contributed by atoms with van der Waals surface area (Å²) < 4.78 is 45.7. The van der Waals surface area contributed by atoms with E-state index in [9.17, 15) is 18.0 Å². The van der Waals surface area contributed by atoms with Gasteiger partial charge in [-0.25, -0.2) is 18.0 Å². The summed E-state index contributed by atoms with van der Waals surface area (Å²) in [6.07, 6.45) is 9.04. The van der Waals surface area contributed by atoms with Crippen LogP contribution in [0.4, 0.5) is 13.2 Å². The lowest BCUT2D eigenvalue weighted by Gasteiger charge is -2.26. The molecule has 0 saturated heterocycles. The summed E-state index contributed by atoms with van der Waals surface area (Å²) >= 11 is 0. The number of hydrogen-bond donors (Lipinski definition) is 0. The van der Waals surface area contributed by atoms with Gasteiger partial charge in [-0.1, -0.05) is 51.7 Å². The zero-order valence-electron chi connectivity index (χ0n) is 24.0. The van der Waals surface area contributed by atoms with Gasteiger partial charge in [-0.05, 0) is 96.9 Å². The Balaban J connectivity index is 0.000000208. The maximum absolute atomic E-state index is 13.6. The quantitative estimate of drug-likeness (QED) is 0.231. The molecule has 0 bridgehead atoms. The minimum atomic E-state index is -0.735. The van der Waals surface area contributed by atoms with Crippen molar-refractivity contribution in [1.29, 1.82) is 10.5 Å². The summed E-state index contributed by atoms with van der Waals surface area (Å²) in [4.78, 5) is 12.2. The summed E-state index contributed by atoms with van der Waals surface area (Å²) in [5.74, 6) is -0.300. The molecule has 42 heavy (non-hydrogen) atoms. The van der Waals surface area contributed by atoms with E-state index in [-0.39, 0.29) is 17.2 Å². The van der Waals surface area contributed by atoms with E-state index in [0.717, 1.165) is 37.7 Å². The third kappa shape index (κ3) is 7.79. The number of rotatable bonds is 4. The van der Waals surface area contributed by atoms with Crippen LogP contribution >= 0.6 is 0 Å². The maximum Gasteiger partial charge on any atom is 0.343 e. The second-order valence-electron chi connectivity index (χ2n) is 11.6. The van der Waals surface area contributed by atoms with Crippen molar-refractivity contribution in [3.05, 3.63) is 99.9 Å². The van der Waals surface area contributed by atoms with Crippen molar-refractivity contribution in [2.24, 2.45) is 11.8 Å². The standard InChI is InChI=1S/C21H20FNO2.C14H15F2N/c1-14-2-4-15(5-3-14)16-6-8-17(9-7-16)21(24)25-19-11-10-18(13-23)20(22)12-19;1-9-2-4-10(5-3-9)11-6-13(15)12(8-17)14(16)7-11/h6-12,14-15H,2-5H2,1H3;6-7,9-10H,2-5H2,1H3. The zero-order chi connectivity index (χ0) is 30.2. The van der Waals surface area contributed by atoms with Gasteiger partial charge < -0.3 is 4.74 Å². The van der Waals surface area contributed by atoms with Gasteiger partial charge in [0.25, 0.3) is 0 Å². The summed E-state index contributed by atoms with van der Waals surface area (Å²) in [5.41, 5.74) is 1.83. The number of nitriles is 2. The van der Waals surface area contributed by atoms with Crippen LogP contribution in [0.5, 0.6) is 5.75 Å². The summed E-state index contributed by atoms with van der Waals surface area (Å²) in [5, 5.41) is 17.3. The molecule has 4 nitrogen and oxygen atoms in total. The second kappa shape index (κ2) is 14.2. The van der Waals surface area contributed by atoms with Gasteiger partial charge in [-0.15, -0.1) is 0 Å². The van der Waals surface area contributed by atoms with Crippen molar-refractivity contribution in [1.82, 2.24) is 0 Å². The van der Waals surface area contributed by atoms with Crippen molar-refractivity contribution >= 4 is 5.97 Å². The molecule has 0 heterocycles. The highest BCUT2D eigenvalue weighted by Crippen LogP contribution is 2.37. The molecule has 0 N–H and O–H groups in total. The van der Waals surface area contributed by atoms with Crippen LogP contribution < -0.4 is 4.74 Å². The molecule has 2 aliphatic rings. The Morgan fingerprint density at radius 2 is 1.21 bits per heavy atom. The number of esters is 1. The van der Waals surface area contributed by atoms with Crippen LogP contribution in [0.25, 0.3) is 0 Å². The number of hydrogen-bond acceptors (Lipinski definition) is 4. The first kappa shape index (κ1) is 30.8. The highest BCUT2D eigenvalue weighted by Gasteiger charge is 2.23. The molecule has 0 aromatic heterocycles. The van der Waals surface area contributed by atoms with Gasteiger partial charge in [0.2, 0.25) is 0 Å². The molecule has 2 saturated carbocycles. The van der Waals surface area contributed by atoms with E-state index in [1.807, 2.05) is 12.1 Å². The summed E-state index contributed by atoms with van der Waals surface area (Å²) in [7, 11) is 0. The van der Waals surface area contributed by atoms with Crippen molar-refractivity contribution in [3.8, 4) is 17.9 Å². The van der Waals surface area contributed by atoms with E-state index >= 15 is 0 Å². The predicted octanol–water partition coefficient (Wildman–Crippen LogP) is 9.34. The minimum Gasteiger partial charge on any atom is -0.423 e. The van der Waals surface area contributed by atoms with Gasteiger partial charge in [0.05, 0.1) is 11.1 Å². The Hall–Kier alpha value is -4.10. The normalized spacial score (nSPS) is 21.7. The number of halogens is 3. The van der Waals surface area contributed by atoms with Crippen LogP contribution in [0.3, 0.4) is 0 Å². The van der Waals surface area contributed by atoms with Crippen LogP contribution in [0.15, 0.2) is 54.6 Å². The molecule has 5 rings (SSSR count). The fraction of sp³-hybridized carbons (Fsp3) is 0.400. The SMILES string of the molecule is CC1CCC(c2cc(F)c(C#N)c(F)c2)CC1.CC1CCC(c2ccc(C(=O)Oc3ccc(C#N)c(F)c3)cc2)CC1. The number of ether oxygens (including phenoxy) is 1. The molecule has 218 valence electrons. The fourth-order valence-corrected chi connectivity index (χ4v) is 5.83. The van der Waals surface area contributed by atoms with Gasteiger partial charge in [0.15, 0.2) is 0 Å². The lowest BCUT2D eigenvalue weighted by Crippen LogP contribution is -2.12. The number of benzene rings is 3. The minimum absolute atomic E-state index is 0.0778. The Bertz CT molecular complexity index is 1450. The van der Waals surface area contributed by atoms with Crippen LogP contribution in [-0.4, -0.2) is 5.97 Å². The maximum atomic E-state index is 13.6. The molecule has 0 aliphatic heterocycles. The molecule has 0 atom stereocenters. The van der Waals surface area contributed by atoms with E-state index in [1.54, 1.807) is 24.3 Å². The first-order valence-electron chi connectivity index (χ1n) is 14.6. The molecule has 0 spiro atoms. The average molecular weight is 573 g/mol. The molecule has 0 amide bonds. The van der Waals surface area contributed by atoms with E-state index in [0.29, 0.717) is 23.0 Å². The molecule has 2 aliphatic carbocycles. The Morgan fingerprint density at radius 3 is 1.69 bits per heavy atom. The number of carbonyl (C=O) groups is 1. The molecular weight excluding hydrogens is 537 g/mol. The molecule has 0 radical (unpaired) electrons. The molecular formula is C35H35F3N2O2. The number of carbonyl (C=O) groups excluding carboxylic acids is 1. The molecule has 3 aromatic rings. The van der Waals surface area contributed by atoms with E-state index < -0.39 is 29.0 Å². The van der Waals surface area contributed by atoms with Gasteiger partial charge >= 0.3 is 5.97 Å². The smallest absolute Gasteiger partial charge is 0.343 e. The average Bonchev–Trinajstić information content (AvgIpc) is 2.98. The Kier molecular flexibility index (Phi) is 10.4. The molecule has 7 heteroatoms. The van der Waals surface area contributed by atoms with Gasteiger partial charge in [-0.2, -0.15) is 10.5 Å². The van der Waals surface area contributed by atoms with E-state index in [1.165, 1.54) is 55.5 Å². The van der Waals surface area contributed by atoms with E-state index in [4.69, 9.17) is 15.3 Å². The van der Waals surface area contributed by atoms with Crippen molar-refractivity contribution in [3.63, 3.8) is 0 Å². The number of nitrogens with zero attached hydrogens (tertiary/aromatic N) is 2. The monoisotopic (exact) mass is 572 g/mol. The fourth-order valence-electron chi connectivity index (χ4n) is 5.83. The molecule has 3 aromatic carbocycles. The van der Waals surface area contributed by atoms with Gasteiger partial charge in [0.1, 0.15) is 40.9 Å². The van der Waals surface area contributed by atoms with Crippen molar-refractivity contribution < 1.29 is 22.7 Å². The van der Waals surface area contributed by atoms with Gasteiger partial charge in [0, 0.05) is 6.07 Å². The molecule has 0 unspecified atom stereocenters. The van der Waals surface area contributed by atoms with Crippen LogP contribution in [0.1, 0.15) is 110 Å².